The van der Waals surface area contributed by atoms with Gasteiger partial charge in [-0.3, -0.25) is 0 Å². The fourth-order valence-corrected chi connectivity index (χ4v) is 1.50. The first-order valence-electron chi connectivity index (χ1n) is 4.86. The van der Waals surface area contributed by atoms with Gasteiger partial charge in [-0.1, -0.05) is 0 Å². The summed E-state index contributed by atoms with van der Waals surface area (Å²) in [7, 11) is 3.69. The molecule has 0 atom stereocenters. The Morgan fingerprint density at radius 2 is 1.21 bits per heavy atom. The van der Waals surface area contributed by atoms with Gasteiger partial charge >= 0.3 is 0 Å². The largest absolute Gasteiger partial charge is 0.507 e. The summed E-state index contributed by atoms with van der Waals surface area (Å²) < 4.78 is 0. The summed E-state index contributed by atoms with van der Waals surface area (Å²) >= 11 is 0. The van der Waals surface area contributed by atoms with Crippen molar-refractivity contribution >= 4 is 0 Å². The molecule has 0 aromatic carbocycles. The molecule has 1 aliphatic rings. The van der Waals surface area contributed by atoms with E-state index in [1.807, 2.05) is 14.1 Å². The van der Waals surface area contributed by atoms with E-state index < -0.39 is 0 Å². The summed E-state index contributed by atoms with van der Waals surface area (Å²) in [6, 6.07) is 0. The number of nitrogens with one attached hydrogen (secondary N) is 2. The molecule has 0 bridgehead atoms. The second-order valence-corrected chi connectivity index (χ2v) is 3.36. The van der Waals surface area contributed by atoms with Gasteiger partial charge in [-0.25, -0.2) is 0 Å². The topological polar surface area (TPSA) is 64.5 Å². The number of aliphatic hydroxyl groups is 2. The molecule has 0 aromatic heterocycles. The van der Waals surface area contributed by atoms with Gasteiger partial charge in [0.1, 0.15) is 11.5 Å². The Morgan fingerprint density at radius 1 is 0.857 bits per heavy atom. The van der Waals surface area contributed by atoms with Crippen LogP contribution in [0.3, 0.4) is 0 Å². The SMILES string of the molecule is CNCCC1=C(O)C(CCNC)=C1O. The van der Waals surface area contributed by atoms with E-state index in [1.54, 1.807) is 0 Å². The van der Waals surface area contributed by atoms with Crippen molar-refractivity contribution in [1.82, 2.24) is 10.6 Å². The third-order valence-corrected chi connectivity index (χ3v) is 2.39. The number of aliphatic hydroxyl groups excluding tert-OH is 2. The number of rotatable bonds is 6. The number of hydrogen-bond acceptors (Lipinski definition) is 4. The summed E-state index contributed by atoms with van der Waals surface area (Å²) in [4.78, 5) is 0. The Bertz CT molecular complexity index is 230. The van der Waals surface area contributed by atoms with Crippen LogP contribution in [0.25, 0.3) is 0 Å². The number of hydrogen-bond donors (Lipinski definition) is 4. The van der Waals surface area contributed by atoms with Gasteiger partial charge in [0.05, 0.1) is 0 Å². The van der Waals surface area contributed by atoms with Crippen LogP contribution in [0.15, 0.2) is 22.7 Å². The molecule has 1 rings (SSSR count). The lowest BCUT2D eigenvalue weighted by molar-refractivity contribution is 0.334. The Kier molecular flexibility index (Phi) is 3.98. The molecule has 0 heterocycles. The van der Waals surface area contributed by atoms with E-state index in [0.717, 1.165) is 13.1 Å². The summed E-state index contributed by atoms with van der Waals surface area (Å²) in [6.07, 6.45) is 1.36. The molecule has 0 fully saturated rings. The van der Waals surface area contributed by atoms with Crippen LogP contribution in [0.5, 0.6) is 0 Å². The molecule has 0 saturated carbocycles. The summed E-state index contributed by atoms with van der Waals surface area (Å²) in [5, 5.41) is 25.1. The van der Waals surface area contributed by atoms with Crippen LogP contribution in [0.2, 0.25) is 0 Å². The van der Waals surface area contributed by atoms with Crippen molar-refractivity contribution in [2.45, 2.75) is 12.8 Å². The molecule has 0 radical (unpaired) electrons. The van der Waals surface area contributed by atoms with E-state index in [2.05, 4.69) is 10.6 Å². The van der Waals surface area contributed by atoms with Crippen molar-refractivity contribution < 1.29 is 10.2 Å². The standard InChI is InChI=1S/C10H18N2O2/c1-11-5-3-7-9(13)8(10(7)14)4-6-12-2/h11-14H,3-6H2,1-2H3. The molecule has 4 nitrogen and oxygen atoms in total. The minimum Gasteiger partial charge on any atom is -0.507 e. The first-order chi connectivity index (χ1) is 6.72. The third kappa shape index (κ3) is 2.08. The Hall–Kier alpha value is -1.00. The average molecular weight is 198 g/mol. The maximum Gasteiger partial charge on any atom is 0.129 e. The molecule has 0 aromatic rings. The van der Waals surface area contributed by atoms with Crippen molar-refractivity contribution in [2.24, 2.45) is 0 Å². The predicted molar refractivity (Wildman–Crippen MR) is 56.4 cm³/mol. The molecular formula is C10H18N2O2. The van der Waals surface area contributed by atoms with Gasteiger partial charge in [0, 0.05) is 11.1 Å². The van der Waals surface area contributed by atoms with Gasteiger partial charge in [-0.2, -0.15) is 0 Å². The van der Waals surface area contributed by atoms with E-state index in [1.165, 1.54) is 0 Å². The van der Waals surface area contributed by atoms with E-state index in [4.69, 9.17) is 0 Å². The highest BCUT2D eigenvalue weighted by molar-refractivity contribution is 5.52. The lowest BCUT2D eigenvalue weighted by Gasteiger charge is -2.23. The molecule has 1 aliphatic carbocycles. The van der Waals surface area contributed by atoms with Crippen LogP contribution in [-0.4, -0.2) is 37.4 Å². The van der Waals surface area contributed by atoms with Crippen molar-refractivity contribution in [3.8, 4) is 0 Å². The van der Waals surface area contributed by atoms with Gasteiger partial charge < -0.3 is 20.8 Å². The molecule has 14 heavy (non-hydrogen) atoms. The van der Waals surface area contributed by atoms with Crippen molar-refractivity contribution in [1.29, 1.82) is 0 Å². The third-order valence-electron chi connectivity index (χ3n) is 2.39. The normalized spacial score (nSPS) is 16.1. The van der Waals surface area contributed by atoms with E-state index in [0.29, 0.717) is 24.0 Å². The Morgan fingerprint density at radius 3 is 1.50 bits per heavy atom. The van der Waals surface area contributed by atoms with Crippen LogP contribution < -0.4 is 10.6 Å². The zero-order valence-corrected chi connectivity index (χ0v) is 8.72. The zero-order chi connectivity index (χ0) is 10.6. The smallest absolute Gasteiger partial charge is 0.129 e. The van der Waals surface area contributed by atoms with E-state index in [9.17, 15) is 10.2 Å². The molecule has 80 valence electrons. The predicted octanol–water partition coefficient (Wildman–Crippen LogP) is 0.843. The first kappa shape index (κ1) is 11.1. The average Bonchev–Trinajstić information content (AvgIpc) is 2.19. The second kappa shape index (κ2) is 5.02. The molecule has 0 amide bonds. The van der Waals surface area contributed by atoms with Gasteiger partial charge in [0.25, 0.3) is 0 Å². The van der Waals surface area contributed by atoms with Crippen molar-refractivity contribution in [3.05, 3.63) is 22.7 Å². The minimum atomic E-state index is 0.285. The highest BCUT2D eigenvalue weighted by atomic mass is 16.3. The molecule has 0 aliphatic heterocycles. The van der Waals surface area contributed by atoms with E-state index in [-0.39, 0.29) is 11.5 Å². The molecule has 0 spiro atoms. The van der Waals surface area contributed by atoms with Crippen LogP contribution in [0.1, 0.15) is 12.8 Å². The minimum absolute atomic E-state index is 0.285. The molecule has 0 unspecified atom stereocenters. The Labute approximate surface area is 84.3 Å². The molecular weight excluding hydrogens is 180 g/mol. The van der Waals surface area contributed by atoms with Crippen LogP contribution in [0, 0.1) is 0 Å². The Balaban J connectivity index is 2.45. The molecule has 4 heteroatoms. The number of allylic oxidation sites excluding steroid dienone is 2. The zero-order valence-electron chi connectivity index (χ0n) is 8.72. The maximum atomic E-state index is 9.60. The monoisotopic (exact) mass is 198 g/mol. The summed E-state index contributed by atoms with van der Waals surface area (Å²) in [5.41, 5.74) is 1.37. The fraction of sp³-hybridized carbons (Fsp3) is 0.600. The van der Waals surface area contributed by atoms with Crippen LogP contribution in [0.4, 0.5) is 0 Å². The first-order valence-corrected chi connectivity index (χ1v) is 4.86. The van der Waals surface area contributed by atoms with Crippen molar-refractivity contribution in [2.75, 3.05) is 27.2 Å². The molecule has 0 saturated heterocycles. The highest BCUT2D eigenvalue weighted by Gasteiger charge is 2.27. The second-order valence-electron chi connectivity index (χ2n) is 3.36. The molecule has 4 N–H and O–H groups in total. The van der Waals surface area contributed by atoms with Crippen LogP contribution >= 0.6 is 0 Å². The quantitative estimate of drug-likeness (QED) is 0.511. The maximum absolute atomic E-state index is 9.60. The van der Waals surface area contributed by atoms with Crippen LogP contribution in [-0.2, 0) is 0 Å². The van der Waals surface area contributed by atoms with Gasteiger partial charge in [0.15, 0.2) is 0 Å². The highest BCUT2D eigenvalue weighted by Crippen LogP contribution is 2.35. The van der Waals surface area contributed by atoms with Gasteiger partial charge in [-0.05, 0) is 40.0 Å². The van der Waals surface area contributed by atoms with E-state index >= 15 is 0 Å². The lowest BCUT2D eigenvalue weighted by Crippen LogP contribution is -2.20. The summed E-state index contributed by atoms with van der Waals surface area (Å²) in [6.45, 7) is 1.53. The van der Waals surface area contributed by atoms with Crippen molar-refractivity contribution in [3.63, 3.8) is 0 Å². The lowest BCUT2D eigenvalue weighted by atomic mass is 9.89. The van der Waals surface area contributed by atoms with Gasteiger partial charge in [0.2, 0.25) is 0 Å². The fourth-order valence-electron chi connectivity index (χ4n) is 1.50. The summed E-state index contributed by atoms with van der Waals surface area (Å²) in [5.74, 6) is 0.570. The van der Waals surface area contributed by atoms with Gasteiger partial charge in [-0.15, -0.1) is 0 Å².